The van der Waals surface area contributed by atoms with Crippen LogP contribution in [0.2, 0.25) is 5.02 Å². The van der Waals surface area contributed by atoms with Crippen LogP contribution in [0.4, 0.5) is 17.1 Å². The number of Topliss-reactive ketones (excluding diaryl/α,β-unsaturated/α-hetero) is 2. The third kappa shape index (κ3) is 10.7. The molecule has 3 aromatic rings. The number of amides is 3. The Hall–Kier alpha value is -4.96. The van der Waals surface area contributed by atoms with Crippen LogP contribution in [0.1, 0.15) is 44.8 Å². The number of nitrogens with zero attached hydrogens (tertiary/aromatic N) is 1. The molecule has 16 heteroatoms. The number of hydrogen-bond acceptors (Lipinski definition) is 9. The minimum atomic E-state index is -4.67. The molecule has 5 rings (SSSR count). The fourth-order valence-corrected chi connectivity index (χ4v) is 3.90. The Morgan fingerprint density at radius 1 is 0.818 bits per heavy atom. The number of ketones is 2. The highest BCUT2D eigenvalue weighted by Crippen LogP contribution is 2.30. The van der Waals surface area contributed by atoms with Crippen molar-refractivity contribution < 1.29 is 46.7 Å². The number of oxime groups is 1. The van der Waals surface area contributed by atoms with Crippen LogP contribution >= 0.6 is 11.6 Å². The minimum Gasteiger partial charge on any atom is -0.411 e. The van der Waals surface area contributed by atoms with E-state index in [1.807, 2.05) is 38.1 Å². The number of benzene rings is 3. The number of para-hydroxylation sites is 2. The van der Waals surface area contributed by atoms with Crippen molar-refractivity contribution in [1.82, 2.24) is 0 Å². The van der Waals surface area contributed by atoms with Crippen molar-refractivity contribution >= 4 is 74.6 Å². The van der Waals surface area contributed by atoms with Gasteiger partial charge in [-0.3, -0.25) is 33.1 Å². The predicted molar refractivity (Wildman–Crippen MR) is 164 cm³/mol. The summed E-state index contributed by atoms with van der Waals surface area (Å²) in [5, 5.41) is 18.8. The molecule has 234 valence electrons. The van der Waals surface area contributed by atoms with Crippen LogP contribution in [0.25, 0.3) is 0 Å². The summed E-state index contributed by atoms with van der Waals surface area (Å²) < 4.78 is 31.6. The van der Waals surface area contributed by atoms with Gasteiger partial charge in [-0.2, -0.15) is 8.42 Å². The first-order chi connectivity index (χ1) is 20.0. The van der Waals surface area contributed by atoms with Crippen molar-refractivity contribution in [3.63, 3.8) is 0 Å². The summed E-state index contributed by atoms with van der Waals surface area (Å²) >= 11 is 5.75. The van der Waals surface area contributed by atoms with Crippen LogP contribution in [-0.4, -0.2) is 58.2 Å². The first-order valence-corrected chi connectivity index (χ1v) is 13.7. The molecule has 2 aliphatic rings. The maximum Gasteiger partial charge on any atom is 0.394 e. The van der Waals surface area contributed by atoms with E-state index in [4.69, 9.17) is 34.3 Å². The predicted octanol–water partition coefficient (Wildman–Crippen LogP) is 4.29. The van der Waals surface area contributed by atoms with Gasteiger partial charge >= 0.3 is 10.4 Å². The molecule has 3 aromatic carbocycles. The second-order valence-corrected chi connectivity index (χ2v) is 10.0. The molecule has 2 aliphatic heterocycles. The van der Waals surface area contributed by atoms with E-state index in [9.17, 15) is 24.0 Å². The highest BCUT2D eigenvalue weighted by molar-refractivity contribution is 7.79. The molecular weight excluding hydrogens is 620 g/mol. The fraction of sp³-hybridized carbons (Fsp3) is 0.143. The van der Waals surface area contributed by atoms with Gasteiger partial charge in [-0.15, -0.1) is 0 Å². The zero-order valence-electron chi connectivity index (χ0n) is 22.7. The van der Waals surface area contributed by atoms with Crippen molar-refractivity contribution in [2.75, 3.05) is 16.0 Å². The molecule has 6 N–H and O–H groups in total. The maximum atomic E-state index is 11.2. The smallest absolute Gasteiger partial charge is 0.394 e. The summed E-state index contributed by atoms with van der Waals surface area (Å²) in [5.41, 5.74) is 5.50. The Morgan fingerprint density at radius 2 is 1.32 bits per heavy atom. The third-order valence-electron chi connectivity index (χ3n) is 5.53. The van der Waals surface area contributed by atoms with Crippen molar-refractivity contribution in [2.24, 2.45) is 5.16 Å². The Balaban J connectivity index is 0.000000304. The van der Waals surface area contributed by atoms with Crippen LogP contribution in [-0.2, 0) is 24.8 Å². The van der Waals surface area contributed by atoms with Gasteiger partial charge in [-0.25, -0.2) is 0 Å². The maximum absolute atomic E-state index is 11.2. The monoisotopic (exact) mass is 648 g/mol. The highest BCUT2D eigenvalue weighted by Gasteiger charge is 2.29. The number of anilines is 3. The molecule has 14 nitrogen and oxygen atoms in total. The number of fused-ring (bicyclic) bond motifs is 2. The second-order valence-electron chi connectivity index (χ2n) is 8.71. The van der Waals surface area contributed by atoms with E-state index >= 15 is 0 Å². The van der Waals surface area contributed by atoms with E-state index < -0.39 is 39.7 Å². The summed E-state index contributed by atoms with van der Waals surface area (Å²) in [6, 6.07) is 15.9. The minimum absolute atomic E-state index is 0. The number of halogens is 1. The van der Waals surface area contributed by atoms with Crippen LogP contribution < -0.4 is 16.0 Å². The summed E-state index contributed by atoms with van der Waals surface area (Å²) in [5.74, 6) is -2.51. The summed E-state index contributed by atoms with van der Waals surface area (Å²) in [6.45, 7) is 5.53. The normalized spacial score (nSPS) is 12.5. The van der Waals surface area contributed by atoms with Crippen molar-refractivity contribution in [1.29, 1.82) is 0 Å². The number of aryl methyl sites for hydroxylation is 3. The quantitative estimate of drug-likeness (QED) is 0.0759. The van der Waals surface area contributed by atoms with Crippen LogP contribution in [0.3, 0.4) is 0 Å². The molecule has 0 radical (unpaired) electrons. The first kappa shape index (κ1) is 37.1. The molecule has 0 aliphatic carbocycles. The van der Waals surface area contributed by atoms with Gasteiger partial charge < -0.3 is 21.2 Å². The molecule has 44 heavy (non-hydrogen) atoms. The summed E-state index contributed by atoms with van der Waals surface area (Å²) in [4.78, 5) is 55.2. The lowest BCUT2D eigenvalue weighted by atomic mass is 10.1. The van der Waals surface area contributed by atoms with Gasteiger partial charge in [0.15, 0.2) is 0 Å². The van der Waals surface area contributed by atoms with Crippen molar-refractivity contribution in [2.45, 2.75) is 28.2 Å². The number of rotatable bonds is 2. The molecule has 0 bridgehead atoms. The van der Waals surface area contributed by atoms with Gasteiger partial charge in [0.2, 0.25) is 0 Å². The highest BCUT2D eigenvalue weighted by atomic mass is 35.5. The van der Waals surface area contributed by atoms with Gasteiger partial charge in [0.25, 0.3) is 29.3 Å². The lowest BCUT2D eigenvalue weighted by molar-refractivity contribution is -0.112. The average molecular weight is 649 g/mol. The van der Waals surface area contributed by atoms with Crippen LogP contribution in [0.15, 0.2) is 59.8 Å². The standard InChI is InChI=1S/C9H6ClNO2.C9H10N2O2.C9H7NO2.CH4.H2O4S/c1-4-2-5(10)3-6-7(4)11-9(13)8(6)12;1-7-4-2-3-5-8(7)11-9(12)6-10-13;1-5-3-2-4-6-7(5)10-9(12)8(6)11;;1-5(2,3)4/h2-3H,1H3,(H,11,12,13);2-6,13H,1H3,(H,11,12);2-4H,1H3,(H,10,11,12);1H4;(H2,1,2,3,4)/b;10-6+;;;. The number of hydrogen-bond donors (Lipinski definition) is 6. The Morgan fingerprint density at radius 3 is 1.84 bits per heavy atom. The van der Waals surface area contributed by atoms with E-state index in [2.05, 4.69) is 21.1 Å². The summed E-state index contributed by atoms with van der Waals surface area (Å²) in [7, 11) is -4.67. The van der Waals surface area contributed by atoms with E-state index in [-0.39, 0.29) is 7.43 Å². The molecule has 3 amide bonds. The summed E-state index contributed by atoms with van der Waals surface area (Å²) in [6.07, 6.45) is 0.812. The molecule has 0 unspecified atom stereocenters. The van der Waals surface area contributed by atoms with E-state index in [1.54, 1.807) is 31.2 Å². The van der Waals surface area contributed by atoms with Crippen LogP contribution in [0, 0.1) is 20.8 Å². The Bertz CT molecular complexity index is 1730. The molecule has 0 atom stereocenters. The van der Waals surface area contributed by atoms with Gasteiger partial charge in [-0.05, 0) is 61.7 Å². The lowest BCUT2D eigenvalue weighted by Crippen LogP contribution is -2.13. The van der Waals surface area contributed by atoms with Gasteiger partial charge in [-0.1, -0.05) is 54.5 Å². The number of carbonyl (C=O) groups excluding carboxylic acids is 5. The molecule has 0 aromatic heterocycles. The molecule has 0 spiro atoms. The van der Waals surface area contributed by atoms with Crippen molar-refractivity contribution in [3.8, 4) is 0 Å². The fourth-order valence-electron chi connectivity index (χ4n) is 3.63. The molecule has 0 saturated heterocycles. The molecule has 0 fully saturated rings. The van der Waals surface area contributed by atoms with E-state index in [1.165, 1.54) is 6.07 Å². The Kier molecular flexibility index (Phi) is 13.5. The van der Waals surface area contributed by atoms with Crippen LogP contribution in [0.5, 0.6) is 0 Å². The third-order valence-corrected chi connectivity index (χ3v) is 5.75. The average Bonchev–Trinajstić information content (AvgIpc) is 3.36. The van der Waals surface area contributed by atoms with Gasteiger partial charge in [0, 0.05) is 10.7 Å². The Labute approximate surface area is 257 Å². The van der Waals surface area contributed by atoms with E-state index in [0.29, 0.717) is 33.2 Å². The molecule has 0 saturated carbocycles. The zero-order chi connectivity index (χ0) is 32.5. The van der Waals surface area contributed by atoms with E-state index in [0.717, 1.165) is 22.9 Å². The number of carbonyl (C=O) groups is 5. The second kappa shape index (κ2) is 16.0. The number of nitrogens with one attached hydrogen (secondary N) is 3. The lowest BCUT2D eigenvalue weighted by Gasteiger charge is -2.04. The zero-order valence-corrected chi connectivity index (χ0v) is 24.3. The topological polar surface area (TPSA) is 229 Å². The van der Waals surface area contributed by atoms with Crippen molar-refractivity contribution in [3.05, 3.63) is 87.4 Å². The largest absolute Gasteiger partial charge is 0.411 e. The SMILES string of the molecule is C.Cc1cc(Cl)cc2c1NC(=O)C2=O.Cc1cccc2c1NC(=O)C2=O.Cc1ccccc1NC(=O)/C=N/O.O=S(=O)(O)O. The molecular formula is C28H29ClN4O10S. The molecule has 2 heterocycles. The first-order valence-electron chi connectivity index (χ1n) is 11.9. The van der Waals surface area contributed by atoms with Gasteiger partial charge in [0.1, 0.15) is 6.21 Å². The van der Waals surface area contributed by atoms with Gasteiger partial charge in [0.05, 0.1) is 22.5 Å².